The van der Waals surface area contributed by atoms with Crippen molar-refractivity contribution in [1.82, 2.24) is 10.1 Å². The molecule has 192 valence electrons. The number of hydrogen-bond acceptors (Lipinski definition) is 7. The molecule has 12 heteroatoms. The summed E-state index contributed by atoms with van der Waals surface area (Å²) in [5.41, 5.74) is -2.07. The average molecular weight is 500 g/mol. The first kappa shape index (κ1) is 29.6. The van der Waals surface area contributed by atoms with Gasteiger partial charge in [0, 0.05) is 6.42 Å². The van der Waals surface area contributed by atoms with Crippen LogP contribution in [0.1, 0.15) is 72.0 Å². The van der Waals surface area contributed by atoms with Crippen LogP contribution in [-0.2, 0) is 31.2 Å². The molecule has 0 bridgehead atoms. The molecule has 1 heterocycles. The number of nitrogens with zero attached hydrogens (tertiary/aromatic N) is 2. The van der Waals surface area contributed by atoms with Gasteiger partial charge in [-0.1, -0.05) is 38.8 Å². The van der Waals surface area contributed by atoms with E-state index in [4.69, 9.17) is 13.6 Å². The molecule has 0 spiro atoms. The van der Waals surface area contributed by atoms with E-state index in [1.165, 1.54) is 0 Å². The van der Waals surface area contributed by atoms with Crippen LogP contribution in [0, 0.1) is 5.41 Å². The van der Waals surface area contributed by atoms with Gasteiger partial charge in [0.15, 0.2) is 11.5 Å². The second kappa shape index (κ2) is 13.4. The van der Waals surface area contributed by atoms with Gasteiger partial charge >= 0.3 is 13.6 Å². The predicted octanol–water partition coefficient (Wildman–Crippen LogP) is 5.49. The smallest absolute Gasteiger partial charge is 0.345 e. The summed E-state index contributed by atoms with van der Waals surface area (Å²) in [6, 6.07) is 0. The Morgan fingerprint density at radius 3 is 2.15 bits per heavy atom. The van der Waals surface area contributed by atoms with E-state index >= 15 is 0 Å². The number of carbonyl (C=O) groups is 1. The van der Waals surface area contributed by atoms with Crippen molar-refractivity contribution in [3.8, 4) is 0 Å². The van der Waals surface area contributed by atoms with Crippen LogP contribution in [0.5, 0.6) is 0 Å². The molecule has 4 unspecified atom stereocenters. The van der Waals surface area contributed by atoms with Crippen molar-refractivity contribution in [1.29, 1.82) is 0 Å². The summed E-state index contributed by atoms with van der Waals surface area (Å²) in [5.74, 6) is -1.77. The summed E-state index contributed by atoms with van der Waals surface area (Å²) in [6.45, 7) is 8.40. The van der Waals surface area contributed by atoms with E-state index in [-0.39, 0.29) is 31.3 Å². The van der Waals surface area contributed by atoms with Crippen molar-refractivity contribution in [3.05, 3.63) is 11.7 Å². The number of aliphatic carboxylic acids is 1. The van der Waals surface area contributed by atoms with Crippen molar-refractivity contribution in [2.75, 3.05) is 13.2 Å². The summed E-state index contributed by atoms with van der Waals surface area (Å²) in [7, 11) is -4.01. The number of aromatic nitrogens is 2. The summed E-state index contributed by atoms with van der Waals surface area (Å²) < 4.78 is 70.3. The van der Waals surface area contributed by atoms with Gasteiger partial charge in [-0.25, -0.2) is 13.2 Å². The Bertz CT molecular complexity index is 763. The van der Waals surface area contributed by atoms with Gasteiger partial charge in [0.25, 0.3) is 0 Å². The maximum Gasteiger partial charge on any atom is 0.345 e. The quantitative estimate of drug-likeness (QED) is 0.234. The number of halogens is 3. The van der Waals surface area contributed by atoms with Crippen molar-refractivity contribution in [3.63, 3.8) is 0 Å². The summed E-state index contributed by atoms with van der Waals surface area (Å²) in [5, 5.41) is 13.0. The topological polar surface area (TPSA) is 112 Å². The lowest BCUT2D eigenvalue weighted by molar-refractivity contribution is -0.137. The van der Waals surface area contributed by atoms with E-state index in [9.17, 15) is 27.6 Å². The Kier molecular flexibility index (Phi) is 12.0. The van der Waals surface area contributed by atoms with Gasteiger partial charge < -0.3 is 18.7 Å². The molecule has 0 saturated carbocycles. The Morgan fingerprint density at radius 1 is 1.06 bits per heavy atom. The molecule has 0 amide bonds. The fourth-order valence-electron chi connectivity index (χ4n) is 3.11. The molecule has 0 fully saturated rings. The van der Waals surface area contributed by atoms with Crippen LogP contribution in [0.2, 0.25) is 0 Å². The highest BCUT2D eigenvalue weighted by molar-refractivity contribution is 7.55. The fraction of sp³-hybridized carbons (Fsp3) is 0.857. The lowest BCUT2D eigenvalue weighted by Crippen LogP contribution is -2.26. The van der Waals surface area contributed by atoms with E-state index in [1.54, 1.807) is 34.6 Å². The Hall–Kier alpha value is -1.45. The number of carboxylic acids is 1. The molecule has 1 N–H and O–H groups in total. The van der Waals surface area contributed by atoms with Gasteiger partial charge in [-0.3, -0.25) is 9.36 Å². The molecule has 0 saturated heterocycles. The van der Waals surface area contributed by atoms with Gasteiger partial charge in [-0.2, -0.15) is 4.98 Å². The van der Waals surface area contributed by atoms with Crippen LogP contribution < -0.4 is 0 Å². The Balaban J connectivity index is 2.64. The second-order valence-electron chi connectivity index (χ2n) is 8.89. The van der Waals surface area contributed by atoms with E-state index < -0.39 is 56.0 Å². The first-order chi connectivity index (χ1) is 15.3. The summed E-state index contributed by atoms with van der Waals surface area (Å²) in [4.78, 5) is 15.5. The minimum atomic E-state index is -4.01. The van der Waals surface area contributed by atoms with Gasteiger partial charge in [0.05, 0.1) is 19.6 Å². The molecule has 0 aliphatic rings. The van der Waals surface area contributed by atoms with Gasteiger partial charge in [0.2, 0.25) is 5.89 Å². The standard InChI is InChI=1S/C21H36F3N2O6P/c1-6-30-33(29,31-7-2)16(20(27)28)13-19-25-18(26-32-19)12-15(23)14(22)10-8-9-11-17(24)21(3,4)5/h14-17H,6-13H2,1-5H3,(H,27,28). The lowest BCUT2D eigenvalue weighted by Gasteiger charge is -2.23. The van der Waals surface area contributed by atoms with Crippen LogP contribution >= 0.6 is 7.60 Å². The molecule has 0 radical (unpaired) electrons. The molecule has 1 aromatic heterocycles. The lowest BCUT2D eigenvalue weighted by atomic mass is 9.87. The van der Waals surface area contributed by atoms with Gasteiger partial charge in [-0.05, 0) is 32.1 Å². The molecular formula is C21H36F3N2O6P. The molecule has 1 rings (SSSR count). The third-order valence-electron chi connectivity index (χ3n) is 5.06. The normalized spacial score (nSPS) is 16.4. The number of rotatable bonds is 16. The van der Waals surface area contributed by atoms with Crippen LogP contribution in [0.4, 0.5) is 13.2 Å². The monoisotopic (exact) mass is 500 g/mol. The predicted molar refractivity (Wildman–Crippen MR) is 117 cm³/mol. The van der Waals surface area contributed by atoms with Gasteiger partial charge in [0.1, 0.15) is 18.5 Å². The number of carboxylic acid groups (broad SMARTS) is 1. The first-order valence-electron chi connectivity index (χ1n) is 11.2. The van der Waals surface area contributed by atoms with E-state index in [0.29, 0.717) is 19.3 Å². The minimum Gasteiger partial charge on any atom is -0.481 e. The third kappa shape index (κ3) is 9.74. The summed E-state index contributed by atoms with van der Waals surface area (Å²) >= 11 is 0. The van der Waals surface area contributed by atoms with E-state index in [1.807, 2.05) is 0 Å². The molecule has 0 aliphatic carbocycles. The van der Waals surface area contributed by atoms with E-state index in [0.717, 1.165) is 0 Å². The van der Waals surface area contributed by atoms with Crippen molar-refractivity contribution in [2.45, 2.75) is 97.3 Å². The molecular weight excluding hydrogens is 464 g/mol. The number of hydrogen-bond donors (Lipinski definition) is 1. The highest BCUT2D eigenvalue weighted by atomic mass is 31.2. The second-order valence-corrected chi connectivity index (χ2v) is 11.1. The third-order valence-corrected chi connectivity index (χ3v) is 7.46. The largest absolute Gasteiger partial charge is 0.481 e. The molecule has 33 heavy (non-hydrogen) atoms. The minimum absolute atomic E-state index is 0.0280. The summed E-state index contributed by atoms with van der Waals surface area (Å²) in [6.07, 6.45) is -4.57. The molecule has 0 aromatic carbocycles. The zero-order chi connectivity index (χ0) is 25.2. The van der Waals surface area contributed by atoms with Crippen LogP contribution in [0.15, 0.2) is 4.52 Å². The number of alkyl halides is 3. The zero-order valence-electron chi connectivity index (χ0n) is 19.9. The molecule has 4 atom stereocenters. The van der Waals surface area contributed by atoms with Crippen LogP contribution in [0.3, 0.4) is 0 Å². The zero-order valence-corrected chi connectivity index (χ0v) is 20.8. The average Bonchev–Trinajstić information content (AvgIpc) is 3.15. The number of unbranched alkanes of at least 4 members (excludes halogenated alkanes) is 1. The van der Waals surface area contributed by atoms with Crippen molar-refractivity contribution < 1.29 is 41.2 Å². The Labute approximate surface area is 193 Å². The first-order valence-corrected chi connectivity index (χ1v) is 12.8. The SMILES string of the molecule is CCOP(=O)(OCC)C(Cc1nc(CC(F)C(F)CCCCC(F)C(C)(C)C)no1)C(=O)O. The molecule has 1 aromatic rings. The van der Waals surface area contributed by atoms with Crippen LogP contribution in [-0.4, -0.2) is 58.6 Å². The van der Waals surface area contributed by atoms with Crippen molar-refractivity contribution in [2.24, 2.45) is 5.41 Å². The van der Waals surface area contributed by atoms with Crippen molar-refractivity contribution >= 4 is 13.6 Å². The van der Waals surface area contributed by atoms with Gasteiger partial charge in [-0.15, -0.1) is 0 Å². The van der Waals surface area contributed by atoms with E-state index in [2.05, 4.69) is 10.1 Å². The maximum absolute atomic E-state index is 14.3. The molecule has 8 nitrogen and oxygen atoms in total. The highest BCUT2D eigenvalue weighted by Gasteiger charge is 2.42. The highest BCUT2D eigenvalue weighted by Crippen LogP contribution is 2.54. The maximum atomic E-state index is 14.3. The van der Waals surface area contributed by atoms with Crippen LogP contribution in [0.25, 0.3) is 0 Å². The fourth-order valence-corrected chi connectivity index (χ4v) is 4.92. The molecule has 0 aliphatic heterocycles. The Morgan fingerprint density at radius 2 is 1.64 bits per heavy atom.